The van der Waals surface area contributed by atoms with Gasteiger partial charge in [0, 0.05) is 43.5 Å². The molecule has 0 radical (unpaired) electrons. The average Bonchev–Trinajstić information content (AvgIpc) is 2.70. The molecular formula is C22H29Cl2N3O. The maximum atomic E-state index is 12.8. The number of likely N-dealkylation sites (tertiary alicyclic amines) is 1. The third-order valence-corrected chi connectivity index (χ3v) is 5.51. The van der Waals surface area contributed by atoms with Crippen molar-refractivity contribution < 1.29 is 4.79 Å². The first-order valence-corrected chi connectivity index (χ1v) is 9.72. The number of carbonyl (C=O) groups is 1. The van der Waals surface area contributed by atoms with E-state index in [4.69, 9.17) is 0 Å². The SMILES string of the molecule is Cl.Cl.O=C(NC1CCN(Cc2ccccc2)CC1)c1cccc2c1CCCN2. The summed E-state index contributed by atoms with van der Waals surface area (Å²) in [6.45, 7) is 4.07. The number of carbonyl (C=O) groups excluding carboxylic acids is 1. The van der Waals surface area contributed by atoms with Crippen LogP contribution in [-0.2, 0) is 13.0 Å². The number of anilines is 1. The van der Waals surface area contributed by atoms with Crippen molar-refractivity contribution >= 4 is 36.4 Å². The normalized spacial score (nSPS) is 16.7. The molecule has 0 bridgehead atoms. The Morgan fingerprint density at radius 1 is 1.04 bits per heavy atom. The molecule has 0 spiro atoms. The van der Waals surface area contributed by atoms with Crippen LogP contribution >= 0.6 is 24.8 Å². The summed E-state index contributed by atoms with van der Waals surface area (Å²) in [4.78, 5) is 15.3. The van der Waals surface area contributed by atoms with Gasteiger partial charge in [-0.15, -0.1) is 24.8 Å². The number of benzene rings is 2. The summed E-state index contributed by atoms with van der Waals surface area (Å²) in [5.74, 6) is 0.0899. The minimum absolute atomic E-state index is 0. The Labute approximate surface area is 179 Å². The predicted molar refractivity (Wildman–Crippen MR) is 120 cm³/mol. The predicted octanol–water partition coefficient (Wildman–Crippen LogP) is 4.28. The van der Waals surface area contributed by atoms with Gasteiger partial charge in [0.05, 0.1) is 0 Å². The Kier molecular flexibility index (Phi) is 8.61. The van der Waals surface area contributed by atoms with Crippen molar-refractivity contribution in [3.8, 4) is 0 Å². The quantitative estimate of drug-likeness (QED) is 0.773. The first-order valence-electron chi connectivity index (χ1n) is 9.72. The Hall–Kier alpha value is -1.75. The molecule has 0 atom stereocenters. The second-order valence-corrected chi connectivity index (χ2v) is 7.37. The van der Waals surface area contributed by atoms with Gasteiger partial charge in [0.1, 0.15) is 0 Å². The van der Waals surface area contributed by atoms with Crippen LogP contribution in [0.1, 0.15) is 40.7 Å². The minimum atomic E-state index is 0. The molecule has 6 heteroatoms. The van der Waals surface area contributed by atoms with Gasteiger partial charge in [-0.3, -0.25) is 9.69 Å². The van der Waals surface area contributed by atoms with Gasteiger partial charge in [-0.2, -0.15) is 0 Å². The number of nitrogens with one attached hydrogen (secondary N) is 2. The molecule has 4 nitrogen and oxygen atoms in total. The van der Waals surface area contributed by atoms with Crippen LogP contribution in [0.5, 0.6) is 0 Å². The van der Waals surface area contributed by atoms with Gasteiger partial charge in [-0.1, -0.05) is 36.4 Å². The molecule has 2 N–H and O–H groups in total. The molecule has 1 fully saturated rings. The molecule has 2 aromatic rings. The van der Waals surface area contributed by atoms with E-state index in [1.54, 1.807) is 0 Å². The van der Waals surface area contributed by atoms with Crippen molar-refractivity contribution in [1.29, 1.82) is 0 Å². The van der Waals surface area contributed by atoms with Crippen molar-refractivity contribution in [2.45, 2.75) is 38.3 Å². The van der Waals surface area contributed by atoms with Gasteiger partial charge in [0.25, 0.3) is 5.91 Å². The maximum absolute atomic E-state index is 12.8. The van der Waals surface area contributed by atoms with Crippen LogP contribution in [0.25, 0.3) is 0 Å². The largest absolute Gasteiger partial charge is 0.385 e. The molecule has 1 amide bonds. The van der Waals surface area contributed by atoms with Crippen molar-refractivity contribution in [3.05, 3.63) is 65.2 Å². The summed E-state index contributed by atoms with van der Waals surface area (Å²) in [5, 5.41) is 6.68. The van der Waals surface area contributed by atoms with E-state index in [-0.39, 0.29) is 36.8 Å². The fraction of sp³-hybridized carbons (Fsp3) is 0.409. The Balaban J connectivity index is 0.00000140. The zero-order valence-electron chi connectivity index (χ0n) is 16.0. The van der Waals surface area contributed by atoms with Crippen LogP contribution in [0.3, 0.4) is 0 Å². The van der Waals surface area contributed by atoms with Crippen molar-refractivity contribution in [1.82, 2.24) is 10.2 Å². The van der Waals surface area contributed by atoms with Crippen LogP contribution in [0, 0.1) is 0 Å². The smallest absolute Gasteiger partial charge is 0.251 e. The van der Waals surface area contributed by atoms with Gasteiger partial charge in [0.2, 0.25) is 0 Å². The highest BCUT2D eigenvalue weighted by atomic mass is 35.5. The van der Waals surface area contributed by atoms with E-state index in [2.05, 4.69) is 51.9 Å². The number of hydrogen-bond acceptors (Lipinski definition) is 3. The standard InChI is InChI=1S/C22H27N3O.2ClH/c26-22(20-8-4-10-21-19(20)9-5-13-23-21)24-18-11-14-25(15-12-18)16-17-6-2-1-3-7-17;;/h1-4,6-8,10,18,23H,5,9,11-16H2,(H,24,26);2*1H. The number of nitrogens with zero attached hydrogens (tertiary/aromatic N) is 1. The molecule has 2 aromatic carbocycles. The molecule has 0 aliphatic carbocycles. The number of amides is 1. The highest BCUT2D eigenvalue weighted by Gasteiger charge is 2.23. The molecule has 1 saturated heterocycles. The summed E-state index contributed by atoms with van der Waals surface area (Å²) < 4.78 is 0. The second kappa shape index (κ2) is 10.7. The molecule has 152 valence electrons. The van der Waals surface area contributed by atoms with E-state index in [1.807, 2.05) is 12.1 Å². The molecule has 2 heterocycles. The molecule has 2 aliphatic rings. The van der Waals surface area contributed by atoms with Crippen molar-refractivity contribution in [3.63, 3.8) is 0 Å². The number of hydrogen-bond donors (Lipinski definition) is 2. The lowest BCUT2D eigenvalue weighted by atomic mass is 9.96. The summed E-state index contributed by atoms with van der Waals surface area (Å²) in [6.07, 6.45) is 4.12. The lowest BCUT2D eigenvalue weighted by molar-refractivity contribution is 0.0908. The fourth-order valence-electron chi connectivity index (χ4n) is 4.06. The fourth-order valence-corrected chi connectivity index (χ4v) is 4.06. The van der Waals surface area contributed by atoms with Gasteiger partial charge in [-0.25, -0.2) is 0 Å². The molecular weight excluding hydrogens is 393 g/mol. The monoisotopic (exact) mass is 421 g/mol. The lowest BCUT2D eigenvalue weighted by Gasteiger charge is -2.32. The molecule has 0 unspecified atom stereocenters. The number of piperidine rings is 1. The van der Waals surface area contributed by atoms with Gasteiger partial charge in [-0.05, 0) is 48.9 Å². The van der Waals surface area contributed by atoms with E-state index in [0.717, 1.165) is 63.1 Å². The zero-order valence-corrected chi connectivity index (χ0v) is 17.7. The highest BCUT2D eigenvalue weighted by Crippen LogP contribution is 2.25. The third kappa shape index (κ3) is 5.40. The molecule has 4 rings (SSSR count). The van der Waals surface area contributed by atoms with Crippen molar-refractivity contribution in [2.75, 3.05) is 25.0 Å². The van der Waals surface area contributed by atoms with E-state index in [9.17, 15) is 4.79 Å². The van der Waals surface area contributed by atoms with Gasteiger partial charge >= 0.3 is 0 Å². The van der Waals surface area contributed by atoms with Crippen LogP contribution < -0.4 is 10.6 Å². The Bertz CT molecular complexity index is 762. The van der Waals surface area contributed by atoms with Crippen LogP contribution in [0.4, 0.5) is 5.69 Å². The van der Waals surface area contributed by atoms with Gasteiger partial charge < -0.3 is 10.6 Å². The van der Waals surface area contributed by atoms with E-state index >= 15 is 0 Å². The Morgan fingerprint density at radius 3 is 2.54 bits per heavy atom. The number of rotatable bonds is 4. The van der Waals surface area contributed by atoms with E-state index in [0.29, 0.717) is 0 Å². The van der Waals surface area contributed by atoms with Crippen LogP contribution in [0.15, 0.2) is 48.5 Å². The Morgan fingerprint density at radius 2 is 1.79 bits per heavy atom. The maximum Gasteiger partial charge on any atom is 0.251 e. The molecule has 28 heavy (non-hydrogen) atoms. The topological polar surface area (TPSA) is 44.4 Å². The van der Waals surface area contributed by atoms with E-state index in [1.165, 1.54) is 11.1 Å². The number of halogens is 2. The summed E-state index contributed by atoms with van der Waals surface area (Å²) in [5.41, 5.74) is 4.51. The van der Waals surface area contributed by atoms with Crippen molar-refractivity contribution in [2.24, 2.45) is 0 Å². The van der Waals surface area contributed by atoms with Crippen LogP contribution in [0.2, 0.25) is 0 Å². The first-order chi connectivity index (χ1) is 12.8. The summed E-state index contributed by atoms with van der Waals surface area (Å²) in [6, 6.07) is 16.9. The second-order valence-electron chi connectivity index (χ2n) is 7.37. The highest BCUT2D eigenvalue weighted by molar-refractivity contribution is 5.97. The van der Waals surface area contributed by atoms with Crippen LogP contribution in [-0.4, -0.2) is 36.5 Å². The third-order valence-electron chi connectivity index (χ3n) is 5.51. The lowest BCUT2D eigenvalue weighted by Crippen LogP contribution is -2.44. The summed E-state index contributed by atoms with van der Waals surface area (Å²) >= 11 is 0. The van der Waals surface area contributed by atoms with E-state index < -0.39 is 0 Å². The molecule has 0 saturated carbocycles. The first kappa shape index (κ1) is 22.5. The average molecular weight is 422 g/mol. The zero-order chi connectivity index (χ0) is 17.8. The summed E-state index contributed by atoms with van der Waals surface area (Å²) in [7, 11) is 0. The minimum Gasteiger partial charge on any atom is -0.385 e. The van der Waals surface area contributed by atoms with Gasteiger partial charge in [0.15, 0.2) is 0 Å². The number of fused-ring (bicyclic) bond motifs is 1. The molecule has 2 aliphatic heterocycles. The molecule has 0 aromatic heterocycles.